The van der Waals surface area contributed by atoms with E-state index in [0.29, 0.717) is 62.4 Å². The second-order valence-corrected chi connectivity index (χ2v) is 7.90. The fourth-order valence-electron chi connectivity index (χ4n) is 4.15. The zero-order valence-corrected chi connectivity index (χ0v) is 20.1. The molecule has 0 bridgehead atoms. The molecule has 0 spiro atoms. The van der Waals surface area contributed by atoms with Gasteiger partial charge in [-0.05, 0) is 63.4 Å². The molecule has 0 atom stereocenters. The first kappa shape index (κ1) is 24.7. The van der Waals surface area contributed by atoms with Crippen LogP contribution in [0.2, 0.25) is 0 Å². The van der Waals surface area contributed by atoms with Gasteiger partial charge in [-0.25, -0.2) is 0 Å². The van der Waals surface area contributed by atoms with E-state index in [2.05, 4.69) is 17.4 Å². The SMILES string of the molecule is CCOc1cc(C(=O)NCC2(c3ccc(OC)cc3)CCOCC2)cc(OCC)c1OCC. The van der Waals surface area contributed by atoms with Crippen molar-refractivity contribution in [3.8, 4) is 23.0 Å². The molecule has 1 N–H and O–H groups in total. The van der Waals surface area contributed by atoms with Crippen LogP contribution >= 0.6 is 0 Å². The fourth-order valence-corrected chi connectivity index (χ4v) is 4.15. The van der Waals surface area contributed by atoms with Gasteiger partial charge in [-0.3, -0.25) is 4.79 Å². The number of hydrogen-bond donors (Lipinski definition) is 1. The minimum atomic E-state index is -0.197. The predicted octanol–water partition coefficient (Wildman–Crippen LogP) is 4.37. The van der Waals surface area contributed by atoms with Gasteiger partial charge >= 0.3 is 0 Å². The van der Waals surface area contributed by atoms with Crippen LogP contribution in [0.25, 0.3) is 0 Å². The quantitative estimate of drug-likeness (QED) is 0.540. The minimum Gasteiger partial charge on any atom is -0.497 e. The molecule has 0 unspecified atom stereocenters. The number of rotatable bonds is 11. The Morgan fingerprint density at radius 2 is 1.52 bits per heavy atom. The van der Waals surface area contributed by atoms with Crippen LogP contribution in [0.4, 0.5) is 0 Å². The molecule has 0 aliphatic carbocycles. The summed E-state index contributed by atoms with van der Waals surface area (Å²) in [7, 11) is 1.66. The molecule has 3 rings (SSSR count). The predicted molar refractivity (Wildman–Crippen MR) is 127 cm³/mol. The molecular weight excluding hydrogens is 422 g/mol. The van der Waals surface area contributed by atoms with Crippen molar-refractivity contribution in [1.29, 1.82) is 0 Å². The Morgan fingerprint density at radius 3 is 2.03 bits per heavy atom. The monoisotopic (exact) mass is 457 g/mol. The highest BCUT2D eigenvalue weighted by Gasteiger charge is 2.35. The number of carbonyl (C=O) groups is 1. The van der Waals surface area contributed by atoms with Crippen LogP contribution in [0.15, 0.2) is 36.4 Å². The first-order valence-corrected chi connectivity index (χ1v) is 11.6. The van der Waals surface area contributed by atoms with Gasteiger partial charge in [-0.1, -0.05) is 12.1 Å². The Bertz CT molecular complexity index is 878. The van der Waals surface area contributed by atoms with Gasteiger partial charge < -0.3 is 29.0 Å². The molecule has 0 radical (unpaired) electrons. The fraction of sp³-hybridized carbons (Fsp3) is 0.500. The largest absolute Gasteiger partial charge is 0.497 e. The first-order valence-electron chi connectivity index (χ1n) is 11.6. The number of carbonyl (C=O) groups excluding carboxylic acids is 1. The van der Waals surface area contributed by atoms with Crippen LogP contribution in [0.1, 0.15) is 49.5 Å². The van der Waals surface area contributed by atoms with Gasteiger partial charge in [-0.2, -0.15) is 0 Å². The summed E-state index contributed by atoms with van der Waals surface area (Å²) in [6.45, 7) is 8.90. The number of methoxy groups -OCH3 is 1. The van der Waals surface area contributed by atoms with E-state index in [1.54, 1.807) is 19.2 Å². The summed E-state index contributed by atoms with van der Waals surface area (Å²) in [4.78, 5) is 13.2. The first-order chi connectivity index (χ1) is 16.1. The highest BCUT2D eigenvalue weighted by Crippen LogP contribution is 2.39. The lowest BCUT2D eigenvalue weighted by atomic mass is 9.74. The van der Waals surface area contributed by atoms with Crippen molar-refractivity contribution in [1.82, 2.24) is 5.32 Å². The maximum atomic E-state index is 13.2. The molecule has 1 heterocycles. The molecule has 1 saturated heterocycles. The molecule has 7 heteroatoms. The standard InChI is InChI=1S/C26H35NO6/c1-5-31-22-16-19(17-23(32-6-2)24(22)33-7-3)25(28)27-18-26(12-14-30-15-13-26)20-8-10-21(29-4)11-9-20/h8-11,16-17H,5-7,12-15,18H2,1-4H3,(H,27,28). The second kappa shape index (κ2) is 11.8. The van der Waals surface area contributed by atoms with E-state index in [4.69, 9.17) is 23.7 Å². The van der Waals surface area contributed by atoms with Crippen LogP contribution in [-0.2, 0) is 10.2 Å². The molecule has 2 aromatic carbocycles. The van der Waals surface area contributed by atoms with Crippen molar-refractivity contribution in [2.75, 3.05) is 46.7 Å². The molecule has 0 aromatic heterocycles. The molecule has 1 amide bonds. The van der Waals surface area contributed by atoms with Crippen molar-refractivity contribution in [2.45, 2.75) is 39.0 Å². The number of hydrogen-bond acceptors (Lipinski definition) is 6. The Kier molecular flexibility index (Phi) is 8.83. The molecule has 7 nitrogen and oxygen atoms in total. The van der Waals surface area contributed by atoms with Crippen molar-refractivity contribution < 1.29 is 28.5 Å². The average Bonchev–Trinajstić information content (AvgIpc) is 2.85. The van der Waals surface area contributed by atoms with E-state index in [-0.39, 0.29) is 11.3 Å². The lowest BCUT2D eigenvalue weighted by Gasteiger charge is -2.38. The van der Waals surface area contributed by atoms with Crippen LogP contribution in [0.5, 0.6) is 23.0 Å². The zero-order valence-electron chi connectivity index (χ0n) is 20.1. The third-order valence-corrected chi connectivity index (χ3v) is 5.91. The van der Waals surface area contributed by atoms with Gasteiger partial charge in [0.25, 0.3) is 5.91 Å². The van der Waals surface area contributed by atoms with E-state index in [9.17, 15) is 4.79 Å². The second-order valence-electron chi connectivity index (χ2n) is 7.90. The summed E-state index contributed by atoms with van der Waals surface area (Å²) >= 11 is 0. The number of amides is 1. The van der Waals surface area contributed by atoms with E-state index >= 15 is 0 Å². The van der Waals surface area contributed by atoms with Gasteiger partial charge in [0.2, 0.25) is 5.75 Å². The smallest absolute Gasteiger partial charge is 0.251 e. The number of nitrogens with one attached hydrogen (secondary N) is 1. The minimum absolute atomic E-state index is 0.181. The van der Waals surface area contributed by atoms with Crippen LogP contribution in [0.3, 0.4) is 0 Å². The average molecular weight is 458 g/mol. The maximum absolute atomic E-state index is 13.2. The van der Waals surface area contributed by atoms with E-state index < -0.39 is 0 Å². The van der Waals surface area contributed by atoms with E-state index in [0.717, 1.165) is 18.6 Å². The normalized spacial score (nSPS) is 14.9. The highest BCUT2D eigenvalue weighted by atomic mass is 16.5. The lowest BCUT2D eigenvalue weighted by Crippen LogP contribution is -2.44. The van der Waals surface area contributed by atoms with Gasteiger partial charge in [0.15, 0.2) is 11.5 Å². The van der Waals surface area contributed by atoms with Gasteiger partial charge in [-0.15, -0.1) is 0 Å². The number of ether oxygens (including phenoxy) is 5. The topological polar surface area (TPSA) is 75.3 Å². The van der Waals surface area contributed by atoms with Crippen LogP contribution in [-0.4, -0.2) is 52.6 Å². The van der Waals surface area contributed by atoms with Gasteiger partial charge in [0.05, 0.1) is 26.9 Å². The third-order valence-electron chi connectivity index (χ3n) is 5.91. The molecule has 0 saturated carbocycles. The molecule has 1 fully saturated rings. The lowest BCUT2D eigenvalue weighted by molar-refractivity contribution is 0.0487. The van der Waals surface area contributed by atoms with Crippen molar-refractivity contribution in [2.24, 2.45) is 0 Å². The Hall–Kier alpha value is -2.93. The zero-order chi connectivity index (χ0) is 23.7. The Labute approximate surface area is 196 Å². The Balaban J connectivity index is 1.85. The van der Waals surface area contributed by atoms with Crippen molar-refractivity contribution in [3.05, 3.63) is 47.5 Å². The van der Waals surface area contributed by atoms with E-state index in [1.807, 2.05) is 32.9 Å². The van der Waals surface area contributed by atoms with Crippen LogP contribution in [0, 0.1) is 0 Å². The van der Waals surface area contributed by atoms with Crippen molar-refractivity contribution in [3.63, 3.8) is 0 Å². The Morgan fingerprint density at radius 1 is 0.939 bits per heavy atom. The molecule has 180 valence electrons. The summed E-state index contributed by atoms with van der Waals surface area (Å²) < 4.78 is 28.2. The van der Waals surface area contributed by atoms with Crippen molar-refractivity contribution >= 4 is 5.91 Å². The highest BCUT2D eigenvalue weighted by molar-refractivity contribution is 5.95. The summed E-state index contributed by atoms with van der Waals surface area (Å²) in [5.41, 5.74) is 1.45. The maximum Gasteiger partial charge on any atom is 0.251 e. The van der Waals surface area contributed by atoms with Crippen LogP contribution < -0.4 is 24.3 Å². The molecule has 1 aliphatic heterocycles. The molecule has 33 heavy (non-hydrogen) atoms. The number of benzene rings is 2. The molecule has 2 aromatic rings. The third kappa shape index (κ3) is 5.90. The summed E-state index contributed by atoms with van der Waals surface area (Å²) in [5.74, 6) is 2.17. The van der Waals surface area contributed by atoms with E-state index in [1.165, 1.54) is 5.56 Å². The summed E-state index contributed by atoms with van der Waals surface area (Å²) in [6.07, 6.45) is 1.66. The van der Waals surface area contributed by atoms with Gasteiger partial charge in [0.1, 0.15) is 5.75 Å². The summed E-state index contributed by atoms with van der Waals surface area (Å²) in [6, 6.07) is 11.5. The summed E-state index contributed by atoms with van der Waals surface area (Å²) in [5, 5.41) is 3.15. The van der Waals surface area contributed by atoms with Gasteiger partial charge in [0, 0.05) is 30.7 Å². The molecular formula is C26H35NO6. The molecule has 1 aliphatic rings.